The number of nitrogens with one attached hydrogen (secondary N) is 1. The molecule has 19 heavy (non-hydrogen) atoms. The molecule has 2 heterocycles. The lowest BCUT2D eigenvalue weighted by molar-refractivity contribution is 0.396. The van der Waals surface area contributed by atoms with Gasteiger partial charge in [0.2, 0.25) is 0 Å². The number of ether oxygens (including phenoxy) is 1. The van der Waals surface area contributed by atoms with Gasteiger partial charge in [0.05, 0.1) is 25.6 Å². The highest BCUT2D eigenvalue weighted by Gasteiger charge is 2.26. The van der Waals surface area contributed by atoms with Crippen molar-refractivity contribution in [3.8, 4) is 5.75 Å². The molecule has 0 aliphatic carbocycles. The van der Waals surface area contributed by atoms with E-state index in [2.05, 4.69) is 24.3 Å². The van der Waals surface area contributed by atoms with Crippen LogP contribution < -0.4 is 10.1 Å². The highest BCUT2D eigenvalue weighted by atomic mass is 35.5. The summed E-state index contributed by atoms with van der Waals surface area (Å²) in [5.41, 5.74) is 1.80. The third-order valence-corrected chi connectivity index (χ3v) is 3.33. The summed E-state index contributed by atoms with van der Waals surface area (Å²) in [4.78, 5) is 0. The van der Waals surface area contributed by atoms with E-state index < -0.39 is 0 Å². The Morgan fingerprint density at radius 2 is 2.21 bits per heavy atom. The van der Waals surface area contributed by atoms with E-state index >= 15 is 0 Å². The average molecular weight is 284 g/mol. The van der Waals surface area contributed by atoms with Crippen LogP contribution in [0.25, 0.3) is 0 Å². The second-order valence-electron chi connectivity index (χ2n) is 4.51. The van der Waals surface area contributed by atoms with Crippen LogP contribution in [-0.4, -0.2) is 23.9 Å². The molecule has 1 unspecified atom stereocenters. The Morgan fingerprint density at radius 3 is 2.68 bits per heavy atom. The molecule has 0 saturated heterocycles. The number of hydrogen-bond acceptors (Lipinski definition) is 4. The quantitative estimate of drug-likeness (QED) is 0.916. The van der Waals surface area contributed by atoms with E-state index in [9.17, 15) is 0 Å². The van der Waals surface area contributed by atoms with E-state index in [-0.39, 0.29) is 12.1 Å². The summed E-state index contributed by atoms with van der Waals surface area (Å²) in [7, 11) is 3.50. The van der Waals surface area contributed by atoms with Gasteiger partial charge < -0.3 is 14.5 Å². The fraction of sp³-hybridized carbons (Fsp3) is 0.462. The molecule has 0 spiro atoms. The van der Waals surface area contributed by atoms with Crippen LogP contribution in [-0.2, 0) is 0 Å². The Labute approximate surface area is 117 Å². The van der Waals surface area contributed by atoms with Gasteiger partial charge >= 0.3 is 0 Å². The third kappa shape index (κ3) is 2.48. The molecule has 0 amide bonds. The van der Waals surface area contributed by atoms with Crippen LogP contribution in [0.15, 0.2) is 22.9 Å². The Hall–Kier alpha value is -1.46. The molecule has 1 N–H and O–H groups in total. The van der Waals surface area contributed by atoms with Crippen molar-refractivity contribution in [3.63, 3.8) is 0 Å². The Morgan fingerprint density at radius 1 is 1.47 bits per heavy atom. The van der Waals surface area contributed by atoms with Gasteiger partial charge in [-0.15, -0.1) is 0 Å². The van der Waals surface area contributed by atoms with Crippen molar-refractivity contribution in [2.45, 2.75) is 25.9 Å². The monoisotopic (exact) mass is 283 g/mol. The fourth-order valence-electron chi connectivity index (χ4n) is 2.15. The molecule has 104 valence electrons. The van der Waals surface area contributed by atoms with Crippen LogP contribution in [0.3, 0.4) is 0 Å². The summed E-state index contributed by atoms with van der Waals surface area (Å²) in [6.07, 6.45) is 3.29. The van der Waals surface area contributed by atoms with Crippen LogP contribution in [0.4, 0.5) is 0 Å². The van der Waals surface area contributed by atoms with Crippen LogP contribution in [0.1, 0.15) is 37.2 Å². The lowest BCUT2D eigenvalue weighted by Crippen LogP contribution is -2.23. The van der Waals surface area contributed by atoms with E-state index in [0.29, 0.717) is 5.22 Å². The zero-order valence-electron chi connectivity index (χ0n) is 11.5. The molecule has 0 aliphatic heterocycles. The fourth-order valence-corrected chi connectivity index (χ4v) is 2.37. The Bertz CT molecular complexity index is 548. The van der Waals surface area contributed by atoms with Crippen molar-refractivity contribution < 1.29 is 9.15 Å². The highest BCUT2D eigenvalue weighted by molar-refractivity contribution is 6.29. The van der Waals surface area contributed by atoms with Crippen LogP contribution in [0.2, 0.25) is 5.22 Å². The largest absolute Gasteiger partial charge is 0.493 e. The van der Waals surface area contributed by atoms with Crippen molar-refractivity contribution in [2.75, 3.05) is 14.2 Å². The van der Waals surface area contributed by atoms with Crippen molar-refractivity contribution in [1.82, 2.24) is 15.1 Å². The number of hydrogen-bond donors (Lipinski definition) is 1. The first-order chi connectivity index (χ1) is 9.10. The molecule has 2 aromatic heterocycles. The Balaban J connectivity index is 2.54. The van der Waals surface area contributed by atoms with Gasteiger partial charge in [0, 0.05) is 11.6 Å². The molecule has 2 aromatic rings. The second-order valence-corrected chi connectivity index (χ2v) is 4.85. The number of halogens is 1. The normalized spacial score (nSPS) is 12.9. The third-order valence-electron chi connectivity index (χ3n) is 3.03. The zero-order valence-corrected chi connectivity index (χ0v) is 12.2. The van der Waals surface area contributed by atoms with Gasteiger partial charge in [-0.1, -0.05) is 0 Å². The summed E-state index contributed by atoms with van der Waals surface area (Å²) in [5.74, 6) is 0.727. The van der Waals surface area contributed by atoms with Crippen molar-refractivity contribution in [3.05, 3.63) is 35.0 Å². The highest BCUT2D eigenvalue weighted by Crippen LogP contribution is 2.35. The minimum Gasteiger partial charge on any atom is -0.493 e. The first kappa shape index (κ1) is 14.0. The number of furan rings is 1. The van der Waals surface area contributed by atoms with Crippen LogP contribution >= 0.6 is 11.6 Å². The smallest absolute Gasteiger partial charge is 0.198 e. The Kier molecular flexibility index (Phi) is 4.17. The molecule has 0 radical (unpaired) electrons. The van der Waals surface area contributed by atoms with Gasteiger partial charge in [0.25, 0.3) is 0 Å². The number of methoxy groups -OCH3 is 1. The topological polar surface area (TPSA) is 52.2 Å². The van der Waals surface area contributed by atoms with Gasteiger partial charge in [-0.2, -0.15) is 5.10 Å². The van der Waals surface area contributed by atoms with Gasteiger partial charge in [-0.05, 0) is 38.6 Å². The zero-order chi connectivity index (χ0) is 14.0. The van der Waals surface area contributed by atoms with Gasteiger partial charge in [-0.25, -0.2) is 0 Å². The number of aromatic nitrogens is 2. The van der Waals surface area contributed by atoms with Gasteiger partial charge in [0.15, 0.2) is 11.0 Å². The van der Waals surface area contributed by atoms with Crippen LogP contribution in [0.5, 0.6) is 5.75 Å². The van der Waals surface area contributed by atoms with E-state index in [1.54, 1.807) is 19.6 Å². The predicted molar refractivity (Wildman–Crippen MR) is 73.8 cm³/mol. The summed E-state index contributed by atoms with van der Waals surface area (Å²) in [6.45, 7) is 4.14. The molecule has 0 saturated carbocycles. The number of rotatable bonds is 5. The van der Waals surface area contributed by atoms with E-state index in [1.807, 2.05) is 17.8 Å². The predicted octanol–water partition coefficient (Wildman–Crippen LogP) is 3.03. The molecule has 0 bridgehead atoms. The average Bonchev–Trinajstić information content (AvgIpc) is 2.98. The molecule has 0 aliphatic rings. The lowest BCUT2D eigenvalue weighted by Gasteiger charge is -2.20. The molecule has 1 atom stereocenters. The molecule has 0 aromatic carbocycles. The van der Waals surface area contributed by atoms with Crippen molar-refractivity contribution in [2.24, 2.45) is 0 Å². The van der Waals surface area contributed by atoms with Gasteiger partial charge in [0.1, 0.15) is 5.69 Å². The maximum atomic E-state index is 6.08. The first-order valence-corrected chi connectivity index (χ1v) is 6.49. The molecule has 2 rings (SSSR count). The van der Waals surface area contributed by atoms with Crippen molar-refractivity contribution in [1.29, 1.82) is 0 Å². The number of nitrogens with zero attached hydrogens (tertiary/aromatic N) is 2. The van der Waals surface area contributed by atoms with E-state index in [4.69, 9.17) is 20.8 Å². The van der Waals surface area contributed by atoms with E-state index in [0.717, 1.165) is 17.0 Å². The molecule has 6 heteroatoms. The summed E-state index contributed by atoms with van der Waals surface area (Å²) < 4.78 is 12.5. The standard InChI is InChI=1S/C13H18ClN3O2/c1-8(2)17-12(10(18-4)7-16-17)11(15-3)9-5-6-19-13(9)14/h5-8,11,15H,1-4H3. The molecular weight excluding hydrogens is 266 g/mol. The summed E-state index contributed by atoms with van der Waals surface area (Å²) >= 11 is 6.08. The minimum atomic E-state index is -0.133. The van der Waals surface area contributed by atoms with Crippen LogP contribution in [0, 0.1) is 0 Å². The first-order valence-electron chi connectivity index (χ1n) is 6.11. The second kappa shape index (κ2) is 5.67. The maximum absolute atomic E-state index is 6.08. The van der Waals surface area contributed by atoms with Crippen molar-refractivity contribution >= 4 is 11.6 Å². The van der Waals surface area contributed by atoms with E-state index in [1.165, 1.54) is 0 Å². The molecular formula is C13H18ClN3O2. The maximum Gasteiger partial charge on any atom is 0.198 e. The minimum absolute atomic E-state index is 0.133. The summed E-state index contributed by atoms with van der Waals surface area (Å²) in [5, 5.41) is 7.98. The summed E-state index contributed by atoms with van der Waals surface area (Å²) in [6, 6.07) is 1.94. The SMILES string of the molecule is CNC(c1ccoc1Cl)c1c(OC)cnn1C(C)C. The molecule has 5 nitrogen and oxygen atoms in total. The lowest BCUT2D eigenvalue weighted by atomic mass is 10.1. The van der Waals surface area contributed by atoms with Gasteiger partial charge in [-0.3, -0.25) is 4.68 Å². The molecule has 0 fully saturated rings.